The highest BCUT2D eigenvalue weighted by Crippen LogP contribution is 2.38. The quantitative estimate of drug-likeness (QED) is 0.698. The first-order chi connectivity index (χ1) is 13.7. The monoisotopic (exact) mass is 435 g/mol. The van der Waals surface area contributed by atoms with Gasteiger partial charge >= 0.3 is 0 Å². The van der Waals surface area contributed by atoms with Crippen LogP contribution >= 0.6 is 23.4 Å². The van der Waals surface area contributed by atoms with E-state index in [4.69, 9.17) is 16.3 Å². The molecule has 0 fully saturated rings. The zero-order valence-corrected chi connectivity index (χ0v) is 18.9. The Morgan fingerprint density at radius 2 is 2.03 bits per heavy atom. The van der Waals surface area contributed by atoms with Crippen LogP contribution in [0.3, 0.4) is 0 Å². The van der Waals surface area contributed by atoms with Gasteiger partial charge in [-0.3, -0.25) is 9.59 Å². The number of allylic oxidation sites excluding steroid dienone is 1. The number of benzene rings is 1. The highest BCUT2D eigenvalue weighted by Gasteiger charge is 2.31. The third-order valence-electron chi connectivity index (χ3n) is 4.67. The van der Waals surface area contributed by atoms with Crippen molar-refractivity contribution < 1.29 is 14.3 Å². The van der Waals surface area contributed by atoms with Gasteiger partial charge < -0.3 is 15.0 Å². The number of hydrogen-bond acceptors (Lipinski definition) is 5. The summed E-state index contributed by atoms with van der Waals surface area (Å²) in [6.07, 6.45) is 0.146. The van der Waals surface area contributed by atoms with Gasteiger partial charge in [0.05, 0.1) is 34.6 Å². The van der Waals surface area contributed by atoms with Gasteiger partial charge in [0, 0.05) is 24.4 Å². The smallest absolute Gasteiger partial charge is 0.233 e. The van der Waals surface area contributed by atoms with Crippen LogP contribution in [0.5, 0.6) is 5.75 Å². The predicted molar refractivity (Wildman–Crippen MR) is 116 cm³/mol. The normalized spacial score (nSPS) is 16.7. The first-order valence-electron chi connectivity index (χ1n) is 9.41. The van der Waals surface area contributed by atoms with Crippen LogP contribution in [0.25, 0.3) is 0 Å². The van der Waals surface area contributed by atoms with E-state index in [2.05, 4.69) is 11.4 Å². The maximum atomic E-state index is 12.7. The molecule has 0 saturated heterocycles. The average Bonchev–Trinajstić information content (AvgIpc) is 2.65. The minimum atomic E-state index is -0.416. The summed E-state index contributed by atoms with van der Waals surface area (Å²) in [7, 11) is 1.53. The second-order valence-corrected chi connectivity index (χ2v) is 8.72. The number of halogens is 1. The Kier molecular flexibility index (Phi) is 8.00. The van der Waals surface area contributed by atoms with Crippen molar-refractivity contribution in [2.45, 2.75) is 52.1 Å². The van der Waals surface area contributed by atoms with Crippen molar-refractivity contribution in [3.63, 3.8) is 0 Å². The molecule has 0 spiro atoms. The minimum Gasteiger partial charge on any atom is -0.495 e. The summed E-state index contributed by atoms with van der Waals surface area (Å²) in [6.45, 7) is 7.87. The van der Waals surface area contributed by atoms with Crippen LogP contribution in [-0.2, 0) is 9.59 Å². The Morgan fingerprint density at radius 1 is 1.38 bits per heavy atom. The lowest BCUT2D eigenvalue weighted by Gasteiger charge is -2.31. The van der Waals surface area contributed by atoms with Gasteiger partial charge in [-0.1, -0.05) is 29.4 Å². The molecule has 1 N–H and O–H groups in total. The molecule has 0 bridgehead atoms. The molecule has 1 aliphatic rings. The zero-order chi connectivity index (χ0) is 21.7. The van der Waals surface area contributed by atoms with E-state index in [1.165, 1.54) is 18.9 Å². The fourth-order valence-corrected chi connectivity index (χ4v) is 4.71. The largest absolute Gasteiger partial charge is 0.495 e. The molecule has 156 valence electrons. The molecule has 1 heterocycles. The molecular formula is C21H26ClN3O3S. The number of methoxy groups -OCH3 is 1. The molecule has 1 aliphatic heterocycles. The number of carbonyl (C=O) groups excluding carboxylic acids is 2. The molecule has 2 amide bonds. The van der Waals surface area contributed by atoms with E-state index in [9.17, 15) is 14.9 Å². The van der Waals surface area contributed by atoms with Gasteiger partial charge in [-0.15, -0.1) is 0 Å². The van der Waals surface area contributed by atoms with Gasteiger partial charge in [-0.25, -0.2) is 0 Å². The fourth-order valence-electron chi connectivity index (χ4n) is 3.50. The van der Waals surface area contributed by atoms with E-state index in [0.29, 0.717) is 21.4 Å². The van der Waals surface area contributed by atoms with Crippen molar-refractivity contribution in [3.05, 3.63) is 39.4 Å². The molecule has 29 heavy (non-hydrogen) atoms. The van der Waals surface area contributed by atoms with Crippen molar-refractivity contribution in [2.24, 2.45) is 0 Å². The Bertz CT molecular complexity index is 853. The molecule has 0 aliphatic carbocycles. The Balaban J connectivity index is 2.30. The summed E-state index contributed by atoms with van der Waals surface area (Å²) in [4.78, 5) is 26.8. The summed E-state index contributed by atoms with van der Waals surface area (Å²) < 4.78 is 5.17. The van der Waals surface area contributed by atoms with E-state index in [0.717, 1.165) is 5.56 Å². The van der Waals surface area contributed by atoms with Gasteiger partial charge in [-0.2, -0.15) is 5.26 Å². The third kappa shape index (κ3) is 5.46. The standard InChI is InChI=1S/C21H26ClN3O3S/c1-12(2)25(13(3)4)20(27)11-29-21-16(10-23)15(9-19(26)24-21)14-6-7-18(28-5)17(22)8-14/h6-8,12-13,15H,9,11H2,1-5H3,(H,24,26)/t15-/m1/s1. The van der Waals surface area contributed by atoms with Crippen molar-refractivity contribution in [3.8, 4) is 11.8 Å². The Morgan fingerprint density at radius 3 is 2.55 bits per heavy atom. The molecule has 0 aromatic heterocycles. The van der Waals surface area contributed by atoms with Crippen molar-refractivity contribution in [1.29, 1.82) is 5.26 Å². The third-order valence-corrected chi connectivity index (χ3v) is 5.97. The number of nitrogens with zero attached hydrogens (tertiary/aromatic N) is 2. The van der Waals surface area contributed by atoms with Crippen molar-refractivity contribution >= 4 is 35.2 Å². The molecule has 1 atom stereocenters. The minimum absolute atomic E-state index is 0.0337. The van der Waals surface area contributed by atoms with Crippen molar-refractivity contribution in [2.75, 3.05) is 12.9 Å². The van der Waals surface area contributed by atoms with E-state index in [-0.39, 0.29) is 36.1 Å². The average molecular weight is 436 g/mol. The van der Waals surface area contributed by atoms with Crippen molar-refractivity contribution in [1.82, 2.24) is 10.2 Å². The first kappa shape index (κ1) is 23.1. The van der Waals surface area contributed by atoms with Crippen LogP contribution in [0.15, 0.2) is 28.8 Å². The van der Waals surface area contributed by atoms with Crippen LogP contribution in [0.2, 0.25) is 5.02 Å². The number of amides is 2. The molecule has 1 aromatic carbocycles. The summed E-state index contributed by atoms with van der Waals surface area (Å²) in [5.41, 5.74) is 1.20. The summed E-state index contributed by atoms with van der Waals surface area (Å²) in [6, 6.07) is 7.60. The van der Waals surface area contributed by atoms with Gasteiger partial charge in [0.25, 0.3) is 0 Å². The number of nitriles is 1. The topological polar surface area (TPSA) is 82.4 Å². The maximum absolute atomic E-state index is 12.7. The van der Waals surface area contributed by atoms with Crippen LogP contribution in [-0.4, -0.2) is 41.7 Å². The highest BCUT2D eigenvalue weighted by atomic mass is 35.5. The molecule has 0 radical (unpaired) electrons. The lowest BCUT2D eigenvalue weighted by atomic mass is 9.87. The molecule has 6 nitrogen and oxygen atoms in total. The van der Waals surface area contributed by atoms with Crippen LogP contribution in [0, 0.1) is 11.3 Å². The number of rotatable bonds is 7. The molecule has 1 aromatic rings. The van der Waals surface area contributed by atoms with Crippen LogP contribution in [0.4, 0.5) is 0 Å². The van der Waals surface area contributed by atoms with E-state index < -0.39 is 5.92 Å². The van der Waals surface area contributed by atoms with Crippen LogP contribution < -0.4 is 10.1 Å². The molecule has 0 saturated carbocycles. The predicted octanol–water partition coefficient (Wildman–Crippen LogP) is 4.07. The fraction of sp³-hybridized carbons (Fsp3) is 0.476. The van der Waals surface area contributed by atoms with E-state index in [1.807, 2.05) is 27.7 Å². The highest BCUT2D eigenvalue weighted by molar-refractivity contribution is 8.03. The second-order valence-electron chi connectivity index (χ2n) is 7.33. The maximum Gasteiger partial charge on any atom is 0.233 e. The summed E-state index contributed by atoms with van der Waals surface area (Å²) >= 11 is 7.42. The lowest BCUT2D eigenvalue weighted by molar-refractivity contribution is -0.131. The van der Waals surface area contributed by atoms with Gasteiger partial charge in [0.2, 0.25) is 11.8 Å². The second kappa shape index (κ2) is 10.0. The molecular weight excluding hydrogens is 410 g/mol. The molecule has 8 heteroatoms. The first-order valence-corrected chi connectivity index (χ1v) is 10.8. The number of carbonyl (C=O) groups is 2. The SMILES string of the molecule is COc1ccc([C@H]2CC(=O)NC(SCC(=O)N(C(C)C)C(C)C)=C2C#N)cc1Cl. The molecule has 0 unspecified atom stereocenters. The number of hydrogen-bond donors (Lipinski definition) is 1. The van der Waals surface area contributed by atoms with Gasteiger partial charge in [0.1, 0.15) is 5.75 Å². The number of nitrogens with one attached hydrogen (secondary N) is 1. The number of thioether (sulfide) groups is 1. The summed E-state index contributed by atoms with van der Waals surface area (Å²) in [5, 5.41) is 13.4. The molecule has 2 rings (SSSR count). The van der Waals surface area contributed by atoms with E-state index >= 15 is 0 Å². The number of ether oxygens (including phenoxy) is 1. The van der Waals surface area contributed by atoms with Gasteiger partial charge in [-0.05, 0) is 45.4 Å². The van der Waals surface area contributed by atoms with E-state index in [1.54, 1.807) is 23.1 Å². The summed E-state index contributed by atoms with van der Waals surface area (Å²) in [5.74, 6) is 0.0313. The zero-order valence-electron chi connectivity index (χ0n) is 17.3. The lowest BCUT2D eigenvalue weighted by Crippen LogP contribution is -2.43. The Hall–Kier alpha value is -2.17. The Labute approximate surface area is 181 Å². The van der Waals surface area contributed by atoms with Crippen LogP contribution in [0.1, 0.15) is 45.6 Å². The van der Waals surface area contributed by atoms with Gasteiger partial charge in [0.15, 0.2) is 0 Å².